The Morgan fingerprint density at radius 3 is 2.57 bits per heavy atom. The van der Waals surface area contributed by atoms with E-state index < -0.39 is 0 Å². The number of nitrogens with zero attached hydrogens (tertiary/aromatic N) is 2. The van der Waals surface area contributed by atoms with Gasteiger partial charge in [0.1, 0.15) is 5.75 Å². The van der Waals surface area contributed by atoms with Gasteiger partial charge in [-0.25, -0.2) is 9.97 Å². The molecule has 110 valence electrons. The molecule has 0 aliphatic rings. The van der Waals surface area contributed by atoms with E-state index in [1.165, 1.54) is 17.8 Å². The molecule has 7 heteroatoms. The smallest absolute Gasteiger partial charge is 0.234 e. The highest BCUT2D eigenvalue weighted by Crippen LogP contribution is 2.26. The van der Waals surface area contributed by atoms with Gasteiger partial charge >= 0.3 is 0 Å². The highest BCUT2D eigenvalue weighted by atomic mass is 35.5. The number of carbonyl (C=O) groups is 1. The van der Waals surface area contributed by atoms with Crippen LogP contribution < -0.4 is 5.32 Å². The van der Waals surface area contributed by atoms with Gasteiger partial charge in [0.05, 0.1) is 11.4 Å². The second-order valence-corrected chi connectivity index (χ2v) is 5.81. The summed E-state index contributed by atoms with van der Waals surface area (Å²) >= 11 is 6.97. The Morgan fingerprint density at radius 2 is 1.95 bits per heavy atom. The predicted octanol–water partition coefficient (Wildman–Crippen LogP) is 3.18. The number of aromatic nitrogens is 2. The second-order valence-electron chi connectivity index (χ2n) is 4.43. The number of carbonyl (C=O) groups excluding carboxylic acids is 1. The van der Waals surface area contributed by atoms with Crippen LogP contribution in [0.5, 0.6) is 5.75 Å². The summed E-state index contributed by atoms with van der Waals surface area (Å²) in [4.78, 5) is 20.4. The van der Waals surface area contributed by atoms with Crippen molar-refractivity contribution in [3.8, 4) is 5.75 Å². The Labute approximate surface area is 131 Å². The standard InChI is InChI=1S/C14H14ClN3O2S/c1-8-5-9(2)17-14(16-8)21-7-13(20)18-11-4-3-10(15)6-12(11)19/h3-6,19H,7H2,1-2H3,(H,18,20). The minimum Gasteiger partial charge on any atom is -0.506 e. The first-order valence-corrected chi connectivity index (χ1v) is 7.54. The molecule has 0 saturated carbocycles. The van der Waals surface area contributed by atoms with Crippen LogP contribution in [0.15, 0.2) is 29.4 Å². The van der Waals surface area contributed by atoms with Crippen LogP contribution in [0.2, 0.25) is 5.02 Å². The summed E-state index contributed by atoms with van der Waals surface area (Å²) in [5.74, 6) is -0.158. The Hall–Kier alpha value is -1.79. The fraction of sp³-hybridized carbons (Fsp3) is 0.214. The highest BCUT2D eigenvalue weighted by Gasteiger charge is 2.09. The van der Waals surface area contributed by atoms with E-state index in [-0.39, 0.29) is 17.4 Å². The van der Waals surface area contributed by atoms with Crippen LogP contribution in [-0.4, -0.2) is 26.7 Å². The van der Waals surface area contributed by atoms with Crippen molar-refractivity contribution < 1.29 is 9.90 Å². The van der Waals surface area contributed by atoms with Crippen molar-refractivity contribution in [2.45, 2.75) is 19.0 Å². The zero-order valence-electron chi connectivity index (χ0n) is 11.6. The summed E-state index contributed by atoms with van der Waals surface area (Å²) in [6.45, 7) is 3.76. The number of nitrogens with one attached hydrogen (secondary N) is 1. The first-order valence-electron chi connectivity index (χ1n) is 6.17. The van der Waals surface area contributed by atoms with Gasteiger partial charge in [0.15, 0.2) is 5.16 Å². The molecular formula is C14H14ClN3O2S. The van der Waals surface area contributed by atoms with Gasteiger partial charge in [-0.15, -0.1) is 0 Å². The van der Waals surface area contributed by atoms with Gasteiger partial charge in [-0.1, -0.05) is 23.4 Å². The van der Waals surface area contributed by atoms with Crippen molar-refractivity contribution in [1.29, 1.82) is 0 Å². The summed E-state index contributed by atoms with van der Waals surface area (Å²) in [6.07, 6.45) is 0. The number of benzene rings is 1. The van der Waals surface area contributed by atoms with Crippen molar-refractivity contribution >= 4 is 35.0 Å². The molecule has 2 N–H and O–H groups in total. The predicted molar refractivity (Wildman–Crippen MR) is 84.0 cm³/mol. The van der Waals surface area contributed by atoms with Crippen LogP contribution in [0, 0.1) is 13.8 Å². The molecule has 0 fully saturated rings. The lowest BCUT2D eigenvalue weighted by molar-refractivity contribution is -0.113. The van der Waals surface area contributed by atoms with Crippen molar-refractivity contribution in [3.63, 3.8) is 0 Å². The molecule has 1 aromatic heterocycles. The summed E-state index contributed by atoms with van der Waals surface area (Å²) < 4.78 is 0. The molecule has 0 saturated heterocycles. The maximum absolute atomic E-state index is 11.9. The highest BCUT2D eigenvalue weighted by molar-refractivity contribution is 7.99. The van der Waals surface area contributed by atoms with E-state index in [0.29, 0.717) is 15.9 Å². The number of rotatable bonds is 4. The SMILES string of the molecule is Cc1cc(C)nc(SCC(=O)Nc2ccc(Cl)cc2O)n1. The van der Waals surface area contributed by atoms with Gasteiger partial charge in [0.2, 0.25) is 5.91 Å². The Bertz CT molecular complexity index is 659. The Kier molecular flexibility index (Phi) is 5.03. The van der Waals surface area contributed by atoms with Crippen LogP contribution in [0.3, 0.4) is 0 Å². The minimum atomic E-state index is -0.250. The van der Waals surface area contributed by atoms with E-state index in [0.717, 1.165) is 11.4 Å². The Morgan fingerprint density at radius 1 is 1.29 bits per heavy atom. The third kappa shape index (κ3) is 4.61. The minimum absolute atomic E-state index is 0.0662. The van der Waals surface area contributed by atoms with E-state index in [1.54, 1.807) is 12.1 Å². The van der Waals surface area contributed by atoms with Crippen molar-refractivity contribution in [3.05, 3.63) is 40.7 Å². The van der Waals surface area contributed by atoms with E-state index in [9.17, 15) is 9.90 Å². The van der Waals surface area contributed by atoms with E-state index in [1.807, 2.05) is 19.9 Å². The topological polar surface area (TPSA) is 75.1 Å². The number of phenolic OH excluding ortho intramolecular Hbond substituents is 1. The summed E-state index contributed by atoms with van der Waals surface area (Å²) in [7, 11) is 0. The first kappa shape index (κ1) is 15.6. The second kappa shape index (κ2) is 6.78. The molecule has 0 aliphatic carbocycles. The molecule has 0 atom stereocenters. The third-order valence-corrected chi connectivity index (χ3v) is 3.61. The molecule has 0 spiro atoms. The molecule has 0 radical (unpaired) electrons. The van der Waals surface area contributed by atoms with E-state index in [2.05, 4.69) is 15.3 Å². The van der Waals surface area contributed by atoms with Crippen LogP contribution in [-0.2, 0) is 4.79 Å². The number of amides is 1. The monoisotopic (exact) mass is 323 g/mol. The summed E-state index contributed by atoms with van der Waals surface area (Å²) in [6, 6.07) is 6.39. The van der Waals surface area contributed by atoms with Crippen molar-refractivity contribution in [2.24, 2.45) is 0 Å². The fourth-order valence-corrected chi connectivity index (χ4v) is 2.60. The molecule has 21 heavy (non-hydrogen) atoms. The van der Waals surface area contributed by atoms with Crippen LogP contribution in [0.25, 0.3) is 0 Å². The summed E-state index contributed by atoms with van der Waals surface area (Å²) in [5, 5.41) is 13.2. The Balaban J connectivity index is 1.95. The molecule has 1 aromatic carbocycles. The lowest BCUT2D eigenvalue weighted by Crippen LogP contribution is -2.14. The average molecular weight is 324 g/mol. The number of thioether (sulfide) groups is 1. The van der Waals surface area contributed by atoms with Gasteiger partial charge in [-0.2, -0.15) is 0 Å². The number of hydrogen-bond donors (Lipinski definition) is 2. The maximum atomic E-state index is 11.9. The number of halogens is 1. The quantitative estimate of drug-likeness (QED) is 0.513. The number of aryl methyl sites for hydroxylation is 2. The normalized spacial score (nSPS) is 10.4. The molecular weight excluding hydrogens is 310 g/mol. The number of aromatic hydroxyl groups is 1. The fourth-order valence-electron chi connectivity index (χ4n) is 1.69. The van der Waals surface area contributed by atoms with Gasteiger partial charge in [-0.05, 0) is 32.0 Å². The molecule has 2 aromatic rings. The van der Waals surface area contributed by atoms with Gasteiger partial charge in [0, 0.05) is 22.5 Å². The molecule has 5 nitrogen and oxygen atoms in total. The molecule has 0 bridgehead atoms. The lowest BCUT2D eigenvalue weighted by Gasteiger charge is -2.07. The summed E-state index contributed by atoms with van der Waals surface area (Å²) in [5.41, 5.74) is 2.05. The average Bonchev–Trinajstić information content (AvgIpc) is 2.39. The number of anilines is 1. The molecule has 1 heterocycles. The number of phenols is 1. The maximum Gasteiger partial charge on any atom is 0.234 e. The van der Waals surface area contributed by atoms with Crippen LogP contribution >= 0.6 is 23.4 Å². The lowest BCUT2D eigenvalue weighted by atomic mass is 10.3. The molecule has 0 unspecified atom stereocenters. The zero-order chi connectivity index (χ0) is 15.4. The van der Waals surface area contributed by atoms with Gasteiger partial charge < -0.3 is 10.4 Å². The third-order valence-electron chi connectivity index (χ3n) is 2.53. The van der Waals surface area contributed by atoms with Gasteiger partial charge in [0.25, 0.3) is 0 Å². The van der Waals surface area contributed by atoms with Crippen LogP contribution in [0.4, 0.5) is 5.69 Å². The molecule has 0 aliphatic heterocycles. The van der Waals surface area contributed by atoms with E-state index >= 15 is 0 Å². The van der Waals surface area contributed by atoms with Gasteiger partial charge in [-0.3, -0.25) is 4.79 Å². The number of hydrogen-bond acceptors (Lipinski definition) is 5. The van der Waals surface area contributed by atoms with Crippen LogP contribution in [0.1, 0.15) is 11.4 Å². The van der Waals surface area contributed by atoms with Crippen molar-refractivity contribution in [2.75, 3.05) is 11.1 Å². The molecule has 2 rings (SSSR count). The van der Waals surface area contributed by atoms with Crippen molar-refractivity contribution in [1.82, 2.24) is 9.97 Å². The largest absolute Gasteiger partial charge is 0.506 e. The zero-order valence-corrected chi connectivity index (χ0v) is 13.1. The first-order chi connectivity index (χ1) is 9.94. The molecule has 1 amide bonds. The van der Waals surface area contributed by atoms with E-state index in [4.69, 9.17) is 11.6 Å².